The monoisotopic (exact) mass is 124 g/mol. The highest BCUT2D eigenvalue weighted by atomic mass is 14.3. The molecule has 1 aliphatic carbocycles. The van der Waals surface area contributed by atoms with E-state index >= 15 is 0 Å². The molecule has 9 heavy (non-hydrogen) atoms. The highest BCUT2D eigenvalue weighted by Gasteiger charge is 2.22. The van der Waals surface area contributed by atoms with Gasteiger partial charge >= 0.3 is 0 Å². The fourth-order valence-electron chi connectivity index (χ4n) is 0.678. The van der Waals surface area contributed by atoms with Crippen LogP contribution in [0.3, 0.4) is 0 Å². The van der Waals surface area contributed by atoms with E-state index in [0.717, 1.165) is 5.92 Å². The number of allylic oxidation sites excluding steroid dienone is 3. The topological polar surface area (TPSA) is 0 Å². The Kier molecular flexibility index (Phi) is 4.12. The Morgan fingerprint density at radius 2 is 2.00 bits per heavy atom. The van der Waals surface area contributed by atoms with Gasteiger partial charge in [0, 0.05) is 0 Å². The smallest absolute Gasteiger partial charge is 0.0191 e. The largest absolute Gasteiger partial charge is 0.0991 e. The van der Waals surface area contributed by atoms with Crippen molar-refractivity contribution in [3.05, 3.63) is 24.3 Å². The zero-order valence-corrected chi connectivity index (χ0v) is 6.65. The van der Waals surface area contributed by atoms with E-state index in [2.05, 4.69) is 19.6 Å². The third-order valence-electron chi connectivity index (χ3n) is 1.35. The first kappa shape index (κ1) is 8.48. The van der Waals surface area contributed by atoms with Crippen molar-refractivity contribution in [2.75, 3.05) is 0 Å². The molecule has 0 aromatic rings. The van der Waals surface area contributed by atoms with Crippen LogP contribution in [-0.4, -0.2) is 0 Å². The van der Waals surface area contributed by atoms with Gasteiger partial charge in [0.2, 0.25) is 0 Å². The number of rotatable bonds is 1. The van der Waals surface area contributed by atoms with Crippen molar-refractivity contribution in [1.29, 1.82) is 0 Å². The molecule has 1 aliphatic rings. The van der Waals surface area contributed by atoms with Gasteiger partial charge in [-0.3, -0.25) is 0 Å². The summed E-state index contributed by atoms with van der Waals surface area (Å²) < 4.78 is 0. The summed E-state index contributed by atoms with van der Waals surface area (Å²) in [5.74, 6) is 0.859. The third kappa shape index (κ3) is 3.12. The van der Waals surface area contributed by atoms with Crippen LogP contribution in [0.15, 0.2) is 24.3 Å². The average Bonchev–Trinajstić information content (AvgIpc) is 2.54. The predicted octanol–water partition coefficient (Wildman–Crippen LogP) is 3.16. The van der Waals surface area contributed by atoms with Gasteiger partial charge in [-0.15, -0.1) is 0 Å². The molecule has 0 N–H and O–H groups in total. The molecule has 0 heterocycles. The Morgan fingerprint density at radius 1 is 1.56 bits per heavy atom. The zero-order valence-electron chi connectivity index (χ0n) is 6.65. The summed E-state index contributed by atoms with van der Waals surface area (Å²) >= 11 is 0. The zero-order chi connectivity index (χ0) is 7.28. The molecular weight excluding hydrogens is 108 g/mol. The van der Waals surface area contributed by atoms with E-state index in [9.17, 15) is 0 Å². The third-order valence-corrected chi connectivity index (χ3v) is 1.35. The maximum absolute atomic E-state index is 3.60. The summed E-state index contributed by atoms with van der Waals surface area (Å²) in [5.41, 5.74) is 1.55. The van der Waals surface area contributed by atoms with E-state index < -0.39 is 0 Å². The lowest BCUT2D eigenvalue weighted by Gasteiger charge is -1.66. The first-order valence-electron chi connectivity index (χ1n) is 3.66. The van der Waals surface area contributed by atoms with Gasteiger partial charge in [-0.05, 0) is 12.3 Å². The molecule has 0 saturated heterocycles. The molecule has 0 radical (unpaired) electrons. The summed E-state index contributed by atoms with van der Waals surface area (Å²) in [5, 5.41) is 0. The second-order valence-corrected chi connectivity index (χ2v) is 2.08. The van der Waals surface area contributed by atoms with Crippen molar-refractivity contribution in [2.45, 2.75) is 27.2 Å². The van der Waals surface area contributed by atoms with E-state index in [0.29, 0.717) is 0 Å². The summed E-state index contributed by atoms with van der Waals surface area (Å²) in [4.78, 5) is 0. The first-order chi connectivity index (χ1) is 4.34. The second kappa shape index (κ2) is 4.37. The molecule has 0 spiro atoms. The normalized spacial score (nSPS) is 26.6. The van der Waals surface area contributed by atoms with Crippen LogP contribution in [0.4, 0.5) is 0 Å². The highest BCUT2D eigenvalue weighted by Crippen LogP contribution is 2.36. The molecule has 0 aromatic carbocycles. The molecule has 0 bridgehead atoms. The SMILES string of the molecule is C=CC=C1CC1C.CC. The average molecular weight is 124 g/mol. The number of hydrogen-bond donors (Lipinski definition) is 0. The van der Waals surface area contributed by atoms with Crippen LogP contribution in [0.5, 0.6) is 0 Å². The van der Waals surface area contributed by atoms with Gasteiger partial charge in [-0.2, -0.15) is 0 Å². The van der Waals surface area contributed by atoms with Crippen LogP contribution in [0, 0.1) is 5.92 Å². The predicted molar refractivity (Wildman–Crippen MR) is 43.4 cm³/mol. The quantitative estimate of drug-likeness (QED) is 0.503. The van der Waals surface area contributed by atoms with Crippen LogP contribution < -0.4 is 0 Å². The van der Waals surface area contributed by atoms with Gasteiger partial charge in [-0.1, -0.05) is 45.1 Å². The van der Waals surface area contributed by atoms with Crippen LogP contribution in [-0.2, 0) is 0 Å². The highest BCUT2D eigenvalue weighted by molar-refractivity contribution is 5.25. The lowest BCUT2D eigenvalue weighted by atomic mass is 10.4. The first-order valence-corrected chi connectivity index (χ1v) is 3.66. The minimum Gasteiger partial charge on any atom is -0.0991 e. The van der Waals surface area contributed by atoms with E-state index in [1.807, 2.05) is 19.9 Å². The Labute approximate surface area is 58.3 Å². The lowest BCUT2D eigenvalue weighted by molar-refractivity contribution is 1.02. The van der Waals surface area contributed by atoms with Crippen LogP contribution in [0.1, 0.15) is 27.2 Å². The van der Waals surface area contributed by atoms with Crippen molar-refractivity contribution >= 4 is 0 Å². The molecule has 1 unspecified atom stereocenters. The molecule has 0 nitrogen and oxygen atoms in total. The van der Waals surface area contributed by atoms with Crippen molar-refractivity contribution in [3.8, 4) is 0 Å². The maximum atomic E-state index is 3.60. The minimum absolute atomic E-state index is 0.859. The Morgan fingerprint density at radius 3 is 2.11 bits per heavy atom. The van der Waals surface area contributed by atoms with Crippen molar-refractivity contribution in [1.82, 2.24) is 0 Å². The fourth-order valence-corrected chi connectivity index (χ4v) is 0.678. The van der Waals surface area contributed by atoms with E-state index in [1.165, 1.54) is 6.42 Å². The molecule has 1 saturated carbocycles. The Bertz CT molecular complexity index is 109. The maximum Gasteiger partial charge on any atom is -0.0191 e. The summed E-state index contributed by atoms with van der Waals surface area (Å²) in [6.45, 7) is 9.83. The number of hydrogen-bond acceptors (Lipinski definition) is 0. The van der Waals surface area contributed by atoms with Crippen molar-refractivity contribution in [2.24, 2.45) is 5.92 Å². The summed E-state index contributed by atoms with van der Waals surface area (Å²) in [6, 6.07) is 0. The Hall–Kier alpha value is -0.520. The van der Waals surface area contributed by atoms with Crippen molar-refractivity contribution in [3.63, 3.8) is 0 Å². The van der Waals surface area contributed by atoms with Crippen LogP contribution in [0.2, 0.25) is 0 Å². The molecule has 0 aromatic heterocycles. The molecule has 1 rings (SSSR count). The molecule has 1 fully saturated rings. The van der Waals surface area contributed by atoms with Gasteiger partial charge in [0.1, 0.15) is 0 Å². The summed E-state index contributed by atoms with van der Waals surface area (Å²) in [6.07, 6.45) is 5.26. The lowest BCUT2D eigenvalue weighted by Crippen LogP contribution is -1.51. The van der Waals surface area contributed by atoms with Crippen molar-refractivity contribution < 1.29 is 0 Å². The van der Waals surface area contributed by atoms with Crippen LogP contribution in [0.25, 0.3) is 0 Å². The molecule has 0 aliphatic heterocycles. The van der Waals surface area contributed by atoms with Gasteiger partial charge in [0.25, 0.3) is 0 Å². The Balaban J connectivity index is 0.000000291. The van der Waals surface area contributed by atoms with Gasteiger partial charge in [0.15, 0.2) is 0 Å². The van der Waals surface area contributed by atoms with Gasteiger partial charge in [-0.25, -0.2) is 0 Å². The molecule has 1 atom stereocenters. The van der Waals surface area contributed by atoms with Gasteiger partial charge in [0.05, 0.1) is 0 Å². The van der Waals surface area contributed by atoms with Crippen LogP contribution >= 0.6 is 0 Å². The molecule has 52 valence electrons. The summed E-state index contributed by atoms with van der Waals surface area (Å²) in [7, 11) is 0. The second-order valence-electron chi connectivity index (χ2n) is 2.08. The fraction of sp³-hybridized carbons (Fsp3) is 0.556. The molecule has 0 amide bonds. The minimum atomic E-state index is 0.859. The molecular formula is C9H16. The standard InChI is InChI=1S/C7H10.C2H6/c1-3-4-7-5-6(7)2;1-2/h3-4,6H,1,5H2,2H3;1-2H3. The van der Waals surface area contributed by atoms with Gasteiger partial charge < -0.3 is 0 Å². The molecule has 0 heteroatoms. The van der Waals surface area contributed by atoms with E-state index in [4.69, 9.17) is 0 Å². The van der Waals surface area contributed by atoms with E-state index in [1.54, 1.807) is 5.57 Å². The van der Waals surface area contributed by atoms with E-state index in [-0.39, 0.29) is 0 Å².